The van der Waals surface area contributed by atoms with Gasteiger partial charge in [0.05, 0.1) is 23.1 Å². The maximum atomic E-state index is 12.4. The fourth-order valence-electron chi connectivity index (χ4n) is 1.63. The molecule has 0 aliphatic rings. The molecule has 1 aromatic rings. The first-order valence-corrected chi connectivity index (χ1v) is 5.93. The zero-order valence-electron chi connectivity index (χ0n) is 10.2. The van der Waals surface area contributed by atoms with Crippen molar-refractivity contribution in [2.24, 2.45) is 0 Å². The number of rotatable bonds is 6. The highest BCUT2D eigenvalue weighted by Gasteiger charge is 2.30. The Morgan fingerprint density at radius 3 is 2.50 bits per heavy atom. The monoisotopic (exact) mass is 312 g/mol. The predicted molar refractivity (Wildman–Crippen MR) is 66.5 cm³/mol. The van der Waals surface area contributed by atoms with Crippen LogP contribution in [0.25, 0.3) is 0 Å². The van der Waals surface area contributed by atoms with E-state index in [1.165, 1.54) is 12.1 Å². The minimum atomic E-state index is -4.40. The zero-order valence-corrected chi connectivity index (χ0v) is 11.0. The molecule has 0 fully saturated rings. The van der Waals surface area contributed by atoms with Crippen LogP contribution in [0.4, 0.5) is 18.9 Å². The van der Waals surface area contributed by atoms with Crippen LogP contribution in [0.3, 0.4) is 0 Å². The molecule has 0 atom stereocenters. The van der Waals surface area contributed by atoms with Crippen LogP contribution in [0.5, 0.6) is 0 Å². The molecule has 0 bridgehead atoms. The van der Waals surface area contributed by atoms with Gasteiger partial charge in [0.1, 0.15) is 0 Å². The fourth-order valence-corrected chi connectivity index (χ4v) is 1.86. The second kappa shape index (κ2) is 6.87. The summed E-state index contributed by atoms with van der Waals surface area (Å²) in [7, 11) is 0. The number of non-ortho nitro benzene ring substituents is 1. The Balaban J connectivity index is 2.85. The largest absolute Gasteiger partial charge is 0.401 e. The number of nitro benzene ring substituents is 1. The van der Waals surface area contributed by atoms with E-state index >= 15 is 0 Å². The van der Waals surface area contributed by atoms with E-state index in [1.807, 2.05) is 0 Å². The van der Waals surface area contributed by atoms with Gasteiger partial charge in [-0.2, -0.15) is 13.2 Å². The van der Waals surface area contributed by atoms with Gasteiger partial charge in [0.2, 0.25) is 0 Å². The van der Waals surface area contributed by atoms with E-state index in [-0.39, 0.29) is 23.8 Å². The Kier molecular flexibility index (Phi) is 5.73. The lowest BCUT2D eigenvalue weighted by Gasteiger charge is -2.23. The molecule has 0 saturated heterocycles. The van der Waals surface area contributed by atoms with Crippen LogP contribution in [-0.4, -0.2) is 40.8 Å². The predicted octanol–water partition coefficient (Wildman–Crippen LogP) is 2.60. The van der Waals surface area contributed by atoms with Gasteiger partial charge in [-0.3, -0.25) is 15.0 Å². The van der Waals surface area contributed by atoms with Crippen LogP contribution in [0.15, 0.2) is 18.2 Å². The second-order valence-corrected chi connectivity index (χ2v) is 4.49. The number of benzene rings is 1. The van der Waals surface area contributed by atoms with Crippen molar-refractivity contribution in [3.05, 3.63) is 38.9 Å². The molecule has 0 amide bonds. The molecule has 0 spiro atoms. The van der Waals surface area contributed by atoms with E-state index in [4.69, 9.17) is 16.7 Å². The smallest absolute Gasteiger partial charge is 0.395 e. The second-order valence-electron chi connectivity index (χ2n) is 4.08. The molecule has 0 heterocycles. The topological polar surface area (TPSA) is 66.6 Å². The van der Waals surface area contributed by atoms with Crippen LogP contribution in [0.1, 0.15) is 5.56 Å². The summed E-state index contributed by atoms with van der Waals surface area (Å²) in [6.45, 7) is -1.95. The summed E-state index contributed by atoms with van der Waals surface area (Å²) < 4.78 is 37.1. The standard InChI is InChI=1S/C11H12ClF3N2O3/c12-10-5-9(17(19)20)2-1-8(10)6-16(3-4-18)7-11(13,14)15/h1-2,5,18H,3-4,6-7H2. The number of aliphatic hydroxyl groups is 1. The number of halogens is 4. The number of nitro groups is 1. The molecule has 9 heteroatoms. The summed E-state index contributed by atoms with van der Waals surface area (Å²) in [5.41, 5.74) is 0.0956. The highest BCUT2D eigenvalue weighted by molar-refractivity contribution is 6.31. The normalized spacial score (nSPS) is 11.9. The number of nitrogens with zero attached hydrogens (tertiary/aromatic N) is 2. The van der Waals surface area contributed by atoms with Crippen molar-refractivity contribution in [3.8, 4) is 0 Å². The van der Waals surface area contributed by atoms with E-state index in [2.05, 4.69) is 0 Å². The minimum absolute atomic E-state index is 0.0179. The highest BCUT2D eigenvalue weighted by atomic mass is 35.5. The summed E-state index contributed by atoms with van der Waals surface area (Å²) in [6.07, 6.45) is -4.40. The third kappa shape index (κ3) is 5.32. The summed E-state index contributed by atoms with van der Waals surface area (Å²) in [5.74, 6) is 0. The van der Waals surface area contributed by atoms with Gasteiger partial charge in [-0.05, 0) is 11.6 Å². The molecule has 0 saturated carbocycles. The molecule has 1 rings (SSSR count). The number of alkyl halides is 3. The maximum absolute atomic E-state index is 12.4. The first-order valence-electron chi connectivity index (χ1n) is 5.55. The first-order chi connectivity index (χ1) is 9.23. The van der Waals surface area contributed by atoms with E-state index in [0.717, 1.165) is 11.0 Å². The molecule has 5 nitrogen and oxygen atoms in total. The van der Waals surface area contributed by atoms with Crippen LogP contribution >= 0.6 is 11.6 Å². The molecule has 0 aliphatic heterocycles. The molecule has 0 aromatic heterocycles. The summed E-state index contributed by atoms with van der Waals surface area (Å²) in [6, 6.07) is 3.56. The molecular formula is C11H12ClF3N2O3. The Morgan fingerprint density at radius 1 is 1.40 bits per heavy atom. The average molecular weight is 313 g/mol. The molecule has 0 aliphatic carbocycles. The number of hydrogen-bond acceptors (Lipinski definition) is 4. The van der Waals surface area contributed by atoms with Crippen LogP contribution in [0, 0.1) is 10.1 Å². The molecule has 1 aromatic carbocycles. The van der Waals surface area contributed by atoms with E-state index in [0.29, 0.717) is 5.56 Å². The molecule has 0 radical (unpaired) electrons. The third-order valence-corrected chi connectivity index (χ3v) is 2.81. The quantitative estimate of drug-likeness (QED) is 0.647. The lowest BCUT2D eigenvalue weighted by atomic mass is 10.2. The average Bonchev–Trinajstić information content (AvgIpc) is 2.29. The Morgan fingerprint density at radius 2 is 2.05 bits per heavy atom. The summed E-state index contributed by atoms with van der Waals surface area (Å²) >= 11 is 5.81. The molecular weight excluding hydrogens is 301 g/mol. The lowest BCUT2D eigenvalue weighted by molar-refractivity contribution is -0.384. The van der Waals surface area contributed by atoms with Gasteiger partial charge in [0.15, 0.2) is 0 Å². The van der Waals surface area contributed by atoms with Crippen molar-refractivity contribution in [2.45, 2.75) is 12.7 Å². The molecule has 112 valence electrons. The van der Waals surface area contributed by atoms with Crippen LogP contribution < -0.4 is 0 Å². The molecule has 1 N–H and O–H groups in total. The van der Waals surface area contributed by atoms with Crippen molar-refractivity contribution in [1.82, 2.24) is 4.90 Å². The fraction of sp³-hybridized carbons (Fsp3) is 0.455. The van der Waals surface area contributed by atoms with Crippen molar-refractivity contribution in [2.75, 3.05) is 19.7 Å². The van der Waals surface area contributed by atoms with Gasteiger partial charge in [-0.25, -0.2) is 0 Å². The van der Waals surface area contributed by atoms with Crippen LogP contribution in [-0.2, 0) is 6.54 Å². The minimum Gasteiger partial charge on any atom is -0.395 e. The van der Waals surface area contributed by atoms with E-state index in [1.54, 1.807) is 0 Å². The SMILES string of the molecule is O=[N+]([O-])c1ccc(CN(CCO)CC(F)(F)F)c(Cl)c1. The van der Waals surface area contributed by atoms with Gasteiger partial charge in [0, 0.05) is 25.2 Å². The summed E-state index contributed by atoms with van der Waals surface area (Å²) in [4.78, 5) is 10.9. The Bertz CT molecular complexity index is 482. The van der Waals surface area contributed by atoms with Crippen molar-refractivity contribution in [3.63, 3.8) is 0 Å². The van der Waals surface area contributed by atoms with Gasteiger partial charge in [0.25, 0.3) is 5.69 Å². The van der Waals surface area contributed by atoms with Gasteiger partial charge >= 0.3 is 6.18 Å². The third-order valence-electron chi connectivity index (χ3n) is 2.46. The van der Waals surface area contributed by atoms with E-state index in [9.17, 15) is 23.3 Å². The van der Waals surface area contributed by atoms with Crippen molar-refractivity contribution in [1.29, 1.82) is 0 Å². The summed E-state index contributed by atoms with van der Waals surface area (Å²) in [5, 5.41) is 19.3. The van der Waals surface area contributed by atoms with Gasteiger partial charge < -0.3 is 5.11 Å². The van der Waals surface area contributed by atoms with E-state index < -0.39 is 24.3 Å². The highest BCUT2D eigenvalue weighted by Crippen LogP contribution is 2.25. The Hall–Kier alpha value is -1.38. The van der Waals surface area contributed by atoms with Crippen molar-refractivity contribution >= 4 is 17.3 Å². The number of hydrogen-bond donors (Lipinski definition) is 1. The van der Waals surface area contributed by atoms with Gasteiger partial charge in [-0.15, -0.1) is 0 Å². The van der Waals surface area contributed by atoms with Crippen molar-refractivity contribution < 1.29 is 23.2 Å². The van der Waals surface area contributed by atoms with Crippen LogP contribution in [0.2, 0.25) is 5.02 Å². The first kappa shape index (κ1) is 16.7. The Labute approximate surface area is 117 Å². The molecule has 20 heavy (non-hydrogen) atoms. The van der Waals surface area contributed by atoms with Gasteiger partial charge in [-0.1, -0.05) is 11.6 Å². The maximum Gasteiger partial charge on any atom is 0.401 e. The zero-order chi connectivity index (χ0) is 15.3. The lowest BCUT2D eigenvalue weighted by Crippen LogP contribution is -2.35. The molecule has 0 unspecified atom stereocenters. The number of aliphatic hydroxyl groups excluding tert-OH is 1.